The lowest BCUT2D eigenvalue weighted by atomic mass is 9.71. The van der Waals surface area contributed by atoms with Crippen molar-refractivity contribution in [3.8, 4) is 0 Å². The molecule has 0 amide bonds. The average Bonchev–Trinajstić information content (AvgIpc) is 2.19. The molecule has 1 saturated carbocycles. The molecule has 2 rings (SSSR count). The molecule has 1 aliphatic carbocycles. The summed E-state index contributed by atoms with van der Waals surface area (Å²) >= 11 is 0. The maximum Gasteiger partial charge on any atom is -0.0162 e. The van der Waals surface area contributed by atoms with Crippen LogP contribution in [0.5, 0.6) is 0 Å². The van der Waals surface area contributed by atoms with Gasteiger partial charge in [0, 0.05) is 0 Å². The molecule has 0 atom stereocenters. The van der Waals surface area contributed by atoms with Crippen molar-refractivity contribution in [1.82, 2.24) is 0 Å². The van der Waals surface area contributed by atoms with Gasteiger partial charge < -0.3 is 0 Å². The highest BCUT2D eigenvalue weighted by molar-refractivity contribution is 5.19. The minimum Gasteiger partial charge on any atom is -0.0599 e. The second-order valence-electron chi connectivity index (χ2n) is 5.27. The molecule has 0 aromatic heterocycles. The fourth-order valence-corrected chi connectivity index (χ4v) is 2.40. The van der Waals surface area contributed by atoms with Crippen molar-refractivity contribution in [3.05, 3.63) is 35.9 Å². The summed E-state index contributed by atoms with van der Waals surface area (Å²) in [5.41, 5.74) is 2.09. The molecule has 14 heavy (non-hydrogen) atoms. The van der Waals surface area contributed by atoms with Crippen LogP contribution in [0.3, 0.4) is 0 Å². The van der Waals surface area contributed by atoms with Gasteiger partial charge in [-0.1, -0.05) is 38.1 Å². The van der Waals surface area contributed by atoms with Gasteiger partial charge in [-0.3, -0.25) is 0 Å². The van der Waals surface area contributed by atoms with Crippen molar-refractivity contribution in [2.75, 3.05) is 0 Å². The van der Waals surface area contributed by atoms with Gasteiger partial charge in [-0.15, -0.1) is 0 Å². The summed E-state index contributed by atoms with van der Waals surface area (Å²) in [6, 6.07) is 11.6. The third kappa shape index (κ3) is 2.17. The summed E-state index contributed by atoms with van der Waals surface area (Å²) in [6.07, 6.45) is 5.46. The molecular weight excluding hydrogens is 168 g/mol. The Kier molecular flexibility index (Phi) is 2.62. The molecule has 0 nitrogen and oxygen atoms in total. The monoisotopic (exact) mass is 187 g/mol. The van der Waals surface area contributed by atoms with Crippen LogP contribution in [0.25, 0.3) is 0 Å². The molecular formula is C14H19. The zero-order valence-corrected chi connectivity index (χ0v) is 9.22. The Balaban J connectivity index is 2.03. The highest BCUT2D eigenvalue weighted by Crippen LogP contribution is 2.42. The molecule has 1 aliphatic rings. The molecule has 1 aromatic carbocycles. The Morgan fingerprint density at radius 1 is 1.14 bits per heavy atom. The Labute approximate surface area is 87.3 Å². The summed E-state index contributed by atoms with van der Waals surface area (Å²) in [6.45, 7) is 4.78. The van der Waals surface area contributed by atoms with Gasteiger partial charge in [0.15, 0.2) is 0 Å². The van der Waals surface area contributed by atoms with Crippen LogP contribution < -0.4 is 0 Å². The lowest BCUT2D eigenvalue weighted by Crippen LogP contribution is -2.20. The molecule has 0 spiro atoms. The summed E-state index contributed by atoms with van der Waals surface area (Å²) in [4.78, 5) is 0. The molecule has 1 aromatic rings. The second-order valence-corrected chi connectivity index (χ2v) is 5.27. The zero-order chi connectivity index (χ0) is 10.0. The average molecular weight is 187 g/mol. The van der Waals surface area contributed by atoms with Crippen LogP contribution in [0.15, 0.2) is 24.3 Å². The molecule has 0 unspecified atom stereocenters. The molecule has 0 bridgehead atoms. The molecule has 0 aliphatic heterocycles. The number of hydrogen-bond acceptors (Lipinski definition) is 0. The predicted octanol–water partition coefficient (Wildman–Crippen LogP) is 4.17. The van der Waals surface area contributed by atoms with Crippen molar-refractivity contribution in [2.45, 2.75) is 45.4 Å². The van der Waals surface area contributed by atoms with Gasteiger partial charge >= 0.3 is 0 Å². The SMILES string of the molecule is CC1(C)CCC(c2cc[c]cc2)CC1. The molecule has 0 saturated heterocycles. The van der Waals surface area contributed by atoms with E-state index in [4.69, 9.17) is 0 Å². The maximum atomic E-state index is 3.09. The summed E-state index contributed by atoms with van der Waals surface area (Å²) in [7, 11) is 0. The van der Waals surface area contributed by atoms with E-state index in [1.807, 2.05) is 12.1 Å². The zero-order valence-electron chi connectivity index (χ0n) is 9.22. The van der Waals surface area contributed by atoms with E-state index in [-0.39, 0.29) is 0 Å². The van der Waals surface area contributed by atoms with E-state index >= 15 is 0 Å². The highest BCUT2D eigenvalue weighted by Gasteiger charge is 2.27. The van der Waals surface area contributed by atoms with Crippen LogP contribution >= 0.6 is 0 Å². The first-order valence-electron chi connectivity index (χ1n) is 5.63. The standard InChI is InChI=1S/C14H19/c1-14(2)10-8-13(9-11-14)12-6-4-3-5-7-12/h4-7,13H,8-11H2,1-2H3. The third-order valence-electron chi connectivity index (χ3n) is 3.55. The molecule has 0 heterocycles. The van der Waals surface area contributed by atoms with Crippen LogP contribution in [0.2, 0.25) is 0 Å². The van der Waals surface area contributed by atoms with E-state index in [0.717, 1.165) is 5.92 Å². The van der Waals surface area contributed by atoms with Gasteiger partial charge in [-0.2, -0.15) is 0 Å². The van der Waals surface area contributed by atoms with Gasteiger partial charge in [0.1, 0.15) is 0 Å². The van der Waals surface area contributed by atoms with E-state index < -0.39 is 0 Å². The molecule has 0 heteroatoms. The molecule has 1 radical (unpaired) electrons. The fraction of sp³-hybridized carbons (Fsp3) is 0.571. The number of benzene rings is 1. The van der Waals surface area contributed by atoms with E-state index in [1.54, 1.807) is 0 Å². The van der Waals surface area contributed by atoms with E-state index in [9.17, 15) is 0 Å². The maximum absolute atomic E-state index is 3.09. The predicted molar refractivity (Wildman–Crippen MR) is 60.3 cm³/mol. The second kappa shape index (κ2) is 3.76. The van der Waals surface area contributed by atoms with Gasteiger partial charge in [0.2, 0.25) is 0 Å². The van der Waals surface area contributed by atoms with Gasteiger partial charge in [0.05, 0.1) is 0 Å². The summed E-state index contributed by atoms with van der Waals surface area (Å²) < 4.78 is 0. The molecule has 75 valence electrons. The van der Waals surface area contributed by atoms with Crippen LogP contribution in [0.4, 0.5) is 0 Å². The Bertz CT molecular complexity index is 274. The normalized spacial score (nSPS) is 22.1. The van der Waals surface area contributed by atoms with Crippen molar-refractivity contribution in [3.63, 3.8) is 0 Å². The van der Waals surface area contributed by atoms with Gasteiger partial charge in [-0.25, -0.2) is 0 Å². The van der Waals surface area contributed by atoms with Crippen molar-refractivity contribution in [2.24, 2.45) is 5.41 Å². The lowest BCUT2D eigenvalue weighted by molar-refractivity contribution is 0.224. The van der Waals surface area contributed by atoms with Crippen molar-refractivity contribution >= 4 is 0 Å². The lowest BCUT2D eigenvalue weighted by Gasteiger charge is -2.34. The first kappa shape index (κ1) is 9.76. The van der Waals surface area contributed by atoms with Gasteiger partial charge in [-0.05, 0) is 48.6 Å². The van der Waals surface area contributed by atoms with E-state index in [0.29, 0.717) is 5.41 Å². The molecule has 1 fully saturated rings. The Morgan fingerprint density at radius 2 is 1.71 bits per heavy atom. The number of rotatable bonds is 1. The minimum atomic E-state index is 0.581. The summed E-state index contributed by atoms with van der Waals surface area (Å²) in [5.74, 6) is 0.803. The summed E-state index contributed by atoms with van der Waals surface area (Å²) in [5, 5.41) is 0. The highest BCUT2D eigenvalue weighted by atomic mass is 14.3. The first-order chi connectivity index (χ1) is 6.67. The minimum absolute atomic E-state index is 0.581. The van der Waals surface area contributed by atoms with Gasteiger partial charge in [0.25, 0.3) is 0 Å². The van der Waals surface area contributed by atoms with Crippen LogP contribution in [-0.2, 0) is 0 Å². The Hall–Kier alpha value is -0.780. The van der Waals surface area contributed by atoms with E-state index in [2.05, 4.69) is 32.0 Å². The van der Waals surface area contributed by atoms with Crippen molar-refractivity contribution in [1.29, 1.82) is 0 Å². The van der Waals surface area contributed by atoms with Crippen molar-refractivity contribution < 1.29 is 0 Å². The third-order valence-corrected chi connectivity index (χ3v) is 3.55. The first-order valence-corrected chi connectivity index (χ1v) is 5.63. The molecule has 0 N–H and O–H groups in total. The van der Waals surface area contributed by atoms with Crippen LogP contribution in [0.1, 0.15) is 51.0 Å². The van der Waals surface area contributed by atoms with E-state index in [1.165, 1.54) is 31.2 Å². The van der Waals surface area contributed by atoms with Crippen LogP contribution in [-0.4, -0.2) is 0 Å². The number of hydrogen-bond donors (Lipinski definition) is 0. The largest absolute Gasteiger partial charge is 0.0599 e. The fourth-order valence-electron chi connectivity index (χ4n) is 2.40. The topological polar surface area (TPSA) is 0 Å². The Morgan fingerprint density at radius 3 is 2.29 bits per heavy atom. The van der Waals surface area contributed by atoms with Crippen LogP contribution in [0, 0.1) is 11.5 Å². The smallest absolute Gasteiger partial charge is 0.0162 e. The quantitative estimate of drug-likeness (QED) is 0.619.